The number of aromatic amines is 1. The number of aromatic nitrogens is 2. The molecule has 17 heavy (non-hydrogen) atoms. The van der Waals surface area contributed by atoms with Crippen molar-refractivity contribution >= 4 is 0 Å². The third-order valence-electron chi connectivity index (χ3n) is 3.26. The van der Waals surface area contributed by atoms with Gasteiger partial charge in [-0.15, -0.1) is 0 Å². The Morgan fingerprint density at radius 3 is 2.76 bits per heavy atom. The zero-order valence-corrected chi connectivity index (χ0v) is 10.1. The van der Waals surface area contributed by atoms with Crippen LogP contribution in [0, 0.1) is 5.92 Å². The maximum atomic E-state index is 11.7. The molecule has 1 aromatic heterocycles. The number of nitrogens with zero attached hydrogens (tertiary/aromatic N) is 1. The van der Waals surface area contributed by atoms with E-state index in [-0.39, 0.29) is 11.2 Å². The molecule has 0 unspecified atom stereocenters. The average Bonchev–Trinajstić information content (AvgIpc) is 2.34. The van der Waals surface area contributed by atoms with Crippen LogP contribution in [0.4, 0.5) is 0 Å². The highest BCUT2D eigenvalue weighted by molar-refractivity contribution is 5.03. The van der Waals surface area contributed by atoms with Crippen LogP contribution < -0.4 is 11.2 Å². The molecule has 1 aliphatic heterocycles. The molecule has 5 nitrogen and oxygen atoms in total. The highest BCUT2D eigenvalue weighted by atomic mass is 16.5. The molecular formula is C12H18N2O3. The van der Waals surface area contributed by atoms with Crippen molar-refractivity contribution in [2.75, 3.05) is 13.2 Å². The largest absolute Gasteiger partial charge is 0.381 e. The molecule has 5 heteroatoms. The first-order valence-corrected chi connectivity index (χ1v) is 6.11. The molecule has 94 valence electrons. The summed E-state index contributed by atoms with van der Waals surface area (Å²) in [4.78, 5) is 25.5. The minimum Gasteiger partial charge on any atom is -0.381 e. The van der Waals surface area contributed by atoms with Gasteiger partial charge in [-0.3, -0.25) is 9.78 Å². The Labute approximate surface area is 99.4 Å². The summed E-state index contributed by atoms with van der Waals surface area (Å²) >= 11 is 0. The van der Waals surface area contributed by atoms with Crippen LogP contribution in [0.15, 0.2) is 15.8 Å². The molecule has 2 heterocycles. The monoisotopic (exact) mass is 238 g/mol. The van der Waals surface area contributed by atoms with E-state index >= 15 is 0 Å². The normalized spacial score (nSPS) is 17.2. The molecule has 1 saturated heterocycles. The average molecular weight is 238 g/mol. The van der Waals surface area contributed by atoms with Gasteiger partial charge in [0.1, 0.15) is 0 Å². The van der Waals surface area contributed by atoms with Gasteiger partial charge in [-0.05, 0) is 25.2 Å². The van der Waals surface area contributed by atoms with E-state index in [9.17, 15) is 9.59 Å². The van der Waals surface area contributed by atoms with Gasteiger partial charge in [-0.1, -0.05) is 6.92 Å². The number of nitrogens with one attached hydrogen (secondary N) is 1. The molecule has 0 saturated carbocycles. The van der Waals surface area contributed by atoms with E-state index in [0.29, 0.717) is 24.4 Å². The first-order chi connectivity index (χ1) is 8.20. The molecule has 1 aromatic rings. The lowest BCUT2D eigenvalue weighted by Gasteiger charge is -2.22. The number of H-pyrrole nitrogens is 1. The number of aryl methyl sites for hydroxylation is 1. The summed E-state index contributed by atoms with van der Waals surface area (Å²) in [5, 5.41) is 0. The molecule has 0 amide bonds. The molecule has 0 aromatic carbocycles. The Kier molecular flexibility index (Phi) is 3.78. The quantitative estimate of drug-likeness (QED) is 0.835. The summed E-state index contributed by atoms with van der Waals surface area (Å²) in [5.41, 5.74) is 0.0936. The van der Waals surface area contributed by atoms with Crippen molar-refractivity contribution in [3.05, 3.63) is 32.6 Å². The lowest BCUT2D eigenvalue weighted by atomic mass is 10.0. The maximum Gasteiger partial charge on any atom is 0.328 e. The van der Waals surface area contributed by atoms with Crippen molar-refractivity contribution in [1.29, 1.82) is 0 Å². The van der Waals surface area contributed by atoms with Gasteiger partial charge in [0, 0.05) is 31.5 Å². The van der Waals surface area contributed by atoms with Crippen molar-refractivity contribution in [3.8, 4) is 0 Å². The van der Waals surface area contributed by atoms with Crippen molar-refractivity contribution in [3.63, 3.8) is 0 Å². The van der Waals surface area contributed by atoms with Crippen LogP contribution in [0.1, 0.15) is 25.3 Å². The van der Waals surface area contributed by atoms with Crippen LogP contribution in [0.5, 0.6) is 0 Å². The molecule has 0 atom stereocenters. The third kappa shape index (κ3) is 2.85. The SMILES string of the molecule is CCc1cn(CC2CCOCC2)c(=O)[nH]c1=O. The van der Waals surface area contributed by atoms with Gasteiger partial charge in [0.05, 0.1) is 0 Å². The minimum absolute atomic E-state index is 0.263. The Hall–Kier alpha value is -1.36. The van der Waals surface area contributed by atoms with Gasteiger partial charge >= 0.3 is 5.69 Å². The van der Waals surface area contributed by atoms with E-state index in [1.807, 2.05) is 6.92 Å². The summed E-state index contributed by atoms with van der Waals surface area (Å²) in [6, 6.07) is 0. The third-order valence-corrected chi connectivity index (χ3v) is 3.26. The Balaban J connectivity index is 2.19. The fraction of sp³-hybridized carbons (Fsp3) is 0.667. The zero-order valence-electron chi connectivity index (χ0n) is 10.1. The van der Waals surface area contributed by atoms with Crippen LogP contribution in [0.3, 0.4) is 0 Å². The van der Waals surface area contributed by atoms with Gasteiger partial charge in [-0.2, -0.15) is 0 Å². The maximum absolute atomic E-state index is 11.7. The number of hydrogen-bond donors (Lipinski definition) is 1. The second-order valence-electron chi connectivity index (χ2n) is 4.48. The van der Waals surface area contributed by atoms with Gasteiger partial charge in [0.2, 0.25) is 0 Å². The lowest BCUT2D eigenvalue weighted by molar-refractivity contribution is 0.0608. The smallest absolute Gasteiger partial charge is 0.328 e. The van der Waals surface area contributed by atoms with Crippen molar-refractivity contribution in [1.82, 2.24) is 9.55 Å². The minimum atomic E-state index is -0.307. The molecule has 0 bridgehead atoms. The highest BCUT2D eigenvalue weighted by Crippen LogP contribution is 2.15. The number of hydrogen-bond acceptors (Lipinski definition) is 3. The second-order valence-corrected chi connectivity index (χ2v) is 4.48. The summed E-state index contributed by atoms with van der Waals surface area (Å²) in [6.07, 6.45) is 4.29. The van der Waals surface area contributed by atoms with E-state index in [4.69, 9.17) is 4.74 Å². The molecule has 1 N–H and O–H groups in total. The number of rotatable bonds is 3. The van der Waals surface area contributed by atoms with Crippen molar-refractivity contribution in [2.24, 2.45) is 5.92 Å². The van der Waals surface area contributed by atoms with Crippen LogP contribution >= 0.6 is 0 Å². The Morgan fingerprint density at radius 1 is 1.41 bits per heavy atom. The van der Waals surface area contributed by atoms with E-state index in [1.54, 1.807) is 10.8 Å². The van der Waals surface area contributed by atoms with Crippen LogP contribution in [-0.2, 0) is 17.7 Å². The van der Waals surface area contributed by atoms with E-state index < -0.39 is 0 Å². The summed E-state index contributed by atoms with van der Waals surface area (Å²) in [6.45, 7) is 4.12. The molecule has 1 fully saturated rings. The van der Waals surface area contributed by atoms with Crippen molar-refractivity contribution in [2.45, 2.75) is 32.7 Å². The van der Waals surface area contributed by atoms with E-state index in [0.717, 1.165) is 26.1 Å². The molecule has 2 rings (SSSR count). The van der Waals surface area contributed by atoms with Gasteiger partial charge in [0.15, 0.2) is 0 Å². The summed E-state index contributed by atoms with van der Waals surface area (Å²) in [7, 11) is 0. The Bertz CT molecular complexity index is 483. The molecule has 1 aliphatic rings. The second kappa shape index (κ2) is 5.31. The lowest BCUT2D eigenvalue weighted by Crippen LogP contribution is -2.34. The van der Waals surface area contributed by atoms with Crippen molar-refractivity contribution < 1.29 is 4.74 Å². The van der Waals surface area contributed by atoms with Gasteiger partial charge in [0.25, 0.3) is 5.56 Å². The predicted molar refractivity (Wildman–Crippen MR) is 64.2 cm³/mol. The number of ether oxygens (including phenoxy) is 1. The standard InChI is InChI=1S/C12H18N2O3/c1-2-10-8-14(12(16)13-11(10)15)7-9-3-5-17-6-4-9/h8-9H,2-7H2,1H3,(H,13,15,16). The summed E-state index contributed by atoms with van der Waals surface area (Å²) in [5.74, 6) is 0.469. The predicted octanol–water partition coefficient (Wildman–Crippen LogP) is 0.526. The fourth-order valence-electron chi connectivity index (χ4n) is 2.15. The summed E-state index contributed by atoms with van der Waals surface area (Å²) < 4.78 is 6.91. The van der Waals surface area contributed by atoms with E-state index in [1.165, 1.54) is 0 Å². The first-order valence-electron chi connectivity index (χ1n) is 6.11. The van der Waals surface area contributed by atoms with Gasteiger partial charge < -0.3 is 9.30 Å². The van der Waals surface area contributed by atoms with E-state index in [2.05, 4.69) is 4.98 Å². The first kappa shape index (κ1) is 12.1. The zero-order chi connectivity index (χ0) is 12.3. The topological polar surface area (TPSA) is 64.1 Å². The molecule has 0 spiro atoms. The van der Waals surface area contributed by atoms with Crippen LogP contribution in [0.2, 0.25) is 0 Å². The molecular weight excluding hydrogens is 220 g/mol. The van der Waals surface area contributed by atoms with Gasteiger partial charge in [-0.25, -0.2) is 4.79 Å². The molecule has 0 radical (unpaired) electrons. The Morgan fingerprint density at radius 2 is 2.12 bits per heavy atom. The van der Waals surface area contributed by atoms with Crippen LogP contribution in [-0.4, -0.2) is 22.8 Å². The highest BCUT2D eigenvalue weighted by Gasteiger charge is 2.15. The molecule has 0 aliphatic carbocycles. The van der Waals surface area contributed by atoms with Crippen LogP contribution in [0.25, 0.3) is 0 Å². The fourth-order valence-corrected chi connectivity index (χ4v) is 2.15.